The van der Waals surface area contributed by atoms with E-state index in [1.807, 2.05) is 31.2 Å². The van der Waals surface area contributed by atoms with Crippen LogP contribution in [0.15, 0.2) is 47.4 Å². The number of alkyl halides is 3. The largest absolute Gasteiger partial charge is 0.416 e. The summed E-state index contributed by atoms with van der Waals surface area (Å²) in [5.74, 6) is 0.140. The number of nitrogens with one attached hydrogen (secondary N) is 1. The van der Waals surface area contributed by atoms with Crippen LogP contribution in [0.5, 0.6) is 0 Å². The first-order valence-corrected chi connectivity index (χ1v) is 8.48. The molecule has 0 unspecified atom stereocenters. The number of hydrogen-bond acceptors (Lipinski definition) is 2. The molecule has 0 heterocycles. The van der Waals surface area contributed by atoms with Gasteiger partial charge < -0.3 is 5.32 Å². The van der Waals surface area contributed by atoms with Crippen molar-refractivity contribution in [2.24, 2.45) is 0 Å². The normalized spacial score (nSPS) is 11.4. The summed E-state index contributed by atoms with van der Waals surface area (Å²) in [6, 6.07) is 10.7. The molecule has 0 atom stereocenters. The molecule has 0 bridgehead atoms. The second-order valence-electron chi connectivity index (χ2n) is 5.15. The molecule has 0 fully saturated rings. The Bertz CT molecular complexity index is 717. The highest BCUT2D eigenvalue weighted by Crippen LogP contribution is 2.33. The van der Waals surface area contributed by atoms with Crippen LogP contribution in [0.25, 0.3) is 0 Å². The van der Waals surface area contributed by atoms with Gasteiger partial charge in [-0.1, -0.05) is 29.3 Å². The molecule has 0 radical (unpaired) electrons. The molecular formula is C17H15ClF3NOS. The zero-order chi connectivity index (χ0) is 17.7. The fourth-order valence-corrected chi connectivity index (χ4v) is 2.92. The SMILES string of the molecule is Cc1ccc(SCCC(=O)Nc2cc(C(F)(F)F)ccc2Cl)cc1. The van der Waals surface area contributed by atoms with Crippen LogP contribution in [0.2, 0.25) is 5.02 Å². The van der Waals surface area contributed by atoms with Gasteiger partial charge in [-0.15, -0.1) is 11.8 Å². The molecular weight excluding hydrogens is 359 g/mol. The Balaban J connectivity index is 1.91. The molecule has 7 heteroatoms. The molecule has 0 spiro atoms. The zero-order valence-corrected chi connectivity index (χ0v) is 14.4. The number of thioether (sulfide) groups is 1. The number of rotatable bonds is 5. The number of carbonyl (C=O) groups is 1. The quantitative estimate of drug-likeness (QED) is 0.672. The van der Waals surface area contributed by atoms with Crippen molar-refractivity contribution in [3.63, 3.8) is 0 Å². The van der Waals surface area contributed by atoms with E-state index in [0.29, 0.717) is 5.75 Å². The fourth-order valence-electron chi connectivity index (χ4n) is 1.91. The molecule has 2 nitrogen and oxygen atoms in total. The predicted octanol–water partition coefficient (Wildman–Crippen LogP) is 5.79. The lowest BCUT2D eigenvalue weighted by molar-refractivity contribution is -0.137. The Morgan fingerprint density at radius 3 is 2.46 bits per heavy atom. The second kappa shape index (κ2) is 7.94. The summed E-state index contributed by atoms with van der Waals surface area (Å²) in [6.45, 7) is 1.99. The molecule has 0 saturated heterocycles. The van der Waals surface area contributed by atoms with Gasteiger partial charge in [0.2, 0.25) is 5.91 Å². The van der Waals surface area contributed by atoms with E-state index >= 15 is 0 Å². The van der Waals surface area contributed by atoms with Crippen molar-refractivity contribution in [3.8, 4) is 0 Å². The first kappa shape index (κ1) is 18.7. The van der Waals surface area contributed by atoms with Crippen molar-refractivity contribution >= 4 is 35.0 Å². The molecule has 128 valence electrons. The maximum Gasteiger partial charge on any atom is 0.416 e. The Morgan fingerprint density at radius 2 is 1.83 bits per heavy atom. The van der Waals surface area contributed by atoms with Crippen molar-refractivity contribution < 1.29 is 18.0 Å². The van der Waals surface area contributed by atoms with E-state index in [4.69, 9.17) is 11.6 Å². The Hall–Kier alpha value is -1.66. The minimum atomic E-state index is -4.48. The van der Waals surface area contributed by atoms with Crippen LogP contribution in [0, 0.1) is 6.92 Å². The summed E-state index contributed by atoms with van der Waals surface area (Å²) in [6.07, 6.45) is -4.31. The van der Waals surface area contributed by atoms with Crippen molar-refractivity contribution in [2.45, 2.75) is 24.4 Å². The lowest BCUT2D eigenvalue weighted by Crippen LogP contribution is -2.14. The van der Waals surface area contributed by atoms with Crippen molar-refractivity contribution in [1.82, 2.24) is 0 Å². The average Bonchev–Trinajstić information content (AvgIpc) is 2.50. The second-order valence-corrected chi connectivity index (χ2v) is 6.73. The summed E-state index contributed by atoms with van der Waals surface area (Å²) >= 11 is 7.35. The van der Waals surface area contributed by atoms with Gasteiger partial charge in [-0.2, -0.15) is 13.2 Å². The highest BCUT2D eigenvalue weighted by atomic mass is 35.5. The standard InChI is InChI=1S/C17H15ClF3NOS/c1-11-2-5-13(6-3-11)24-9-8-16(23)22-15-10-12(17(19,20)21)4-7-14(15)18/h2-7,10H,8-9H2,1H3,(H,22,23). The highest BCUT2D eigenvalue weighted by molar-refractivity contribution is 7.99. The maximum absolute atomic E-state index is 12.7. The van der Waals surface area contributed by atoms with E-state index in [0.717, 1.165) is 28.7 Å². The fraction of sp³-hybridized carbons (Fsp3) is 0.235. The van der Waals surface area contributed by atoms with E-state index in [1.165, 1.54) is 11.8 Å². The van der Waals surface area contributed by atoms with Gasteiger partial charge in [0.05, 0.1) is 16.3 Å². The molecule has 2 aromatic carbocycles. The smallest absolute Gasteiger partial charge is 0.325 e. The van der Waals surface area contributed by atoms with Gasteiger partial charge in [-0.3, -0.25) is 4.79 Å². The third-order valence-electron chi connectivity index (χ3n) is 3.19. The first-order chi connectivity index (χ1) is 11.3. The summed E-state index contributed by atoms with van der Waals surface area (Å²) < 4.78 is 38.1. The minimum absolute atomic E-state index is 0.0307. The number of hydrogen-bond donors (Lipinski definition) is 1. The number of aryl methyl sites for hydroxylation is 1. The molecule has 1 amide bonds. The van der Waals surface area contributed by atoms with Crippen molar-refractivity contribution in [3.05, 3.63) is 58.6 Å². The van der Waals surface area contributed by atoms with E-state index in [1.54, 1.807) is 0 Å². The van der Waals surface area contributed by atoms with Crippen LogP contribution in [-0.2, 0) is 11.0 Å². The third-order valence-corrected chi connectivity index (χ3v) is 4.53. The van der Waals surface area contributed by atoms with Crippen LogP contribution in [0.4, 0.5) is 18.9 Å². The summed E-state index contributed by atoms with van der Waals surface area (Å²) in [5.41, 5.74) is 0.268. The maximum atomic E-state index is 12.7. The summed E-state index contributed by atoms with van der Waals surface area (Å²) in [4.78, 5) is 12.9. The monoisotopic (exact) mass is 373 g/mol. The van der Waals surface area contributed by atoms with Crippen LogP contribution in [0.3, 0.4) is 0 Å². The zero-order valence-electron chi connectivity index (χ0n) is 12.8. The first-order valence-electron chi connectivity index (χ1n) is 7.12. The number of anilines is 1. The molecule has 0 saturated carbocycles. The Kier molecular flexibility index (Phi) is 6.18. The van der Waals surface area contributed by atoms with Gasteiger partial charge in [-0.25, -0.2) is 0 Å². The Morgan fingerprint density at radius 1 is 1.17 bits per heavy atom. The van der Waals surface area contributed by atoms with E-state index in [-0.39, 0.29) is 23.0 Å². The topological polar surface area (TPSA) is 29.1 Å². The van der Waals surface area contributed by atoms with E-state index in [9.17, 15) is 18.0 Å². The van der Waals surface area contributed by atoms with Gasteiger partial charge in [0, 0.05) is 17.1 Å². The molecule has 1 N–H and O–H groups in total. The molecule has 0 aliphatic carbocycles. The van der Waals surface area contributed by atoms with Crippen LogP contribution in [0.1, 0.15) is 17.5 Å². The number of benzene rings is 2. The number of amides is 1. The molecule has 0 aliphatic rings. The highest BCUT2D eigenvalue weighted by Gasteiger charge is 2.31. The van der Waals surface area contributed by atoms with Gasteiger partial charge in [0.15, 0.2) is 0 Å². The summed E-state index contributed by atoms with van der Waals surface area (Å²) in [7, 11) is 0. The molecule has 0 aromatic heterocycles. The van der Waals surface area contributed by atoms with Gasteiger partial charge >= 0.3 is 6.18 Å². The molecule has 0 aliphatic heterocycles. The number of carbonyl (C=O) groups excluding carboxylic acids is 1. The van der Waals surface area contributed by atoms with Crippen LogP contribution >= 0.6 is 23.4 Å². The van der Waals surface area contributed by atoms with Crippen LogP contribution < -0.4 is 5.32 Å². The molecule has 2 aromatic rings. The molecule has 2 rings (SSSR count). The van der Waals surface area contributed by atoms with E-state index in [2.05, 4.69) is 5.32 Å². The van der Waals surface area contributed by atoms with Crippen LogP contribution in [-0.4, -0.2) is 11.7 Å². The van der Waals surface area contributed by atoms with Crippen molar-refractivity contribution in [1.29, 1.82) is 0 Å². The third kappa shape index (κ3) is 5.46. The number of halogens is 4. The van der Waals surface area contributed by atoms with Gasteiger partial charge in [-0.05, 0) is 37.3 Å². The van der Waals surface area contributed by atoms with E-state index < -0.39 is 11.7 Å². The lowest BCUT2D eigenvalue weighted by atomic mass is 10.2. The van der Waals surface area contributed by atoms with Gasteiger partial charge in [0.25, 0.3) is 0 Å². The van der Waals surface area contributed by atoms with Gasteiger partial charge in [0.1, 0.15) is 0 Å². The minimum Gasteiger partial charge on any atom is -0.325 e. The lowest BCUT2D eigenvalue weighted by Gasteiger charge is -2.11. The summed E-state index contributed by atoms with van der Waals surface area (Å²) in [5, 5.41) is 2.51. The predicted molar refractivity (Wildman–Crippen MR) is 91.6 cm³/mol. The average molecular weight is 374 g/mol. The van der Waals surface area contributed by atoms with Crippen molar-refractivity contribution in [2.75, 3.05) is 11.1 Å². The Labute approximate surface area is 147 Å². The molecule has 24 heavy (non-hydrogen) atoms.